The Labute approximate surface area is 163 Å². The Morgan fingerprint density at radius 1 is 1.11 bits per heavy atom. The molecule has 2 aliphatic heterocycles. The first kappa shape index (κ1) is 18.3. The highest BCUT2D eigenvalue weighted by molar-refractivity contribution is 6.04. The van der Waals surface area contributed by atoms with Crippen LogP contribution in [0.3, 0.4) is 0 Å². The molecule has 1 fully saturated rings. The van der Waals surface area contributed by atoms with E-state index in [-0.39, 0.29) is 17.5 Å². The van der Waals surface area contributed by atoms with Gasteiger partial charge in [-0.1, -0.05) is 13.0 Å². The summed E-state index contributed by atoms with van der Waals surface area (Å²) < 4.78 is 11.0. The van der Waals surface area contributed by atoms with Gasteiger partial charge in [-0.15, -0.1) is 0 Å². The number of fused-ring (bicyclic) bond motifs is 1. The number of hydrogen-bond donors (Lipinski definition) is 1. The van der Waals surface area contributed by atoms with Crippen molar-refractivity contribution in [2.24, 2.45) is 5.92 Å². The Morgan fingerprint density at radius 2 is 1.89 bits per heavy atom. The molecule has 1 aromatic heterocycles. The second-order valence-electron chi connectivity index (χ2n) is 7.22. The van der Waals surface area contributed by atoms with Crippen molar-refractivity contribution in [3.8, 4) is 11.5 Å². The SMILES string of the molecule is CC1CCCN(C(=O)c2cccc(C(=O)Nc3ccc4c(c3)OCCO4)n2)C1. The van der Waals surface area contributed by atoms with Crippen LogP contribution in [0.2, 0.25) is 0 Å². The molecule has 4 rings (SSSR count). The van der Waals surface area contributed by atoms with Gasteiger partial charge in [0.2, 0.25) is 0 Å². The summed E-state index contributed by atoms with van der Waals surface area (Å²) in [6.45, 7) is 4.60. The van der Waals surface area contributed by atoms with Gasteiger partial charge >= 0.3 is 0 Å². The maximum atomic E-state index is 12.7. The minimum Gasteiger partial charge on any atom is -0.486 e. The molecule has 1 aromatic carbocycles. The predicted molar refractivity (Wildman–Crippen MR) is 104 cm³/mol. The van der Waals surface area contributed by atoms with Crippen molar-refractivity contribution in [1.29, 1.82) is 0 Å². The zero-order valence-electron chi connectivity index (χ0n) is 15.8. The number of rotatable bonds is 3. The molecule has 0 saturated carbocycles. The zero-order chi connectivity index (χ0) is 19.5. The minimum atomic E-state index is -0.377. The zero-order valence-corrected chi connectivity index (χ0v) is 15.8. The first-order valence-corrected chi connectivity index (χ1v) is 9.57. The monoisotopic (exact) mass is 381 g/mol. The van der Waals surface area contributed by atoms with Crippen LogP contribution in [0, 0.1) is 5.92 Å². The number of nitrogens with zero attached hydrogens (tertiary/aromatic N) is 2. The molecule has 0 bridgehead atoms. The lowest BCUT2D eigenvalue weighted by atomic mass is 10.00. The molecular formula is C21H23N3O4. The second-order valence-corrected chi connectivity index (χ2v) is 7.22. The summed E-state index contributed by atoms with van der Waals surface area (Å²) in [5.41, 5.74) is 1.08. The van der Waals surface area contributed by atoms with Crippen molar-refractivity contribution in [2.75, 3.05) is 31.6 Å². The summed E-state index contributed by atoms with van der Waals surface area (Å²) in [7, 11) is 0. The fourth-order valence-corrected chi connectivity index (χ4v) is 3.53. The number of carbonyl (C=O) groups excluding carboxylic acids is 2. The van der Waals surface area contributed by atoms with E-state index in [1.807, 2.05) is 4.90 Å². The normalized spacial score (nSPS) is 18.5. The van der Waals surface area contributed by atoms with Crippen LogP contribution in [-0.4, -0.2) is 48.0 Å². The first-order chi connectivity index (χ1) is 13.6. The maximum absolute atomic E-state index is 12.7. The van der Waals surface area contributed by atoms with Gasteiger partial charge in [-0.2, -0.15) is 0 Å². The Morgan fingerprint density at radius 3 is 2.71 bits per heavy atom. The van der Waals surface area contributed by atoms with E-state index in [0.29, 0.717) is 42.0 Å². The number of pyridine rings is 1. The second kappa shape index (κ2) is 7.88. The fourth-order valence-electron chi connectivity index (χ4n) is 3.53. The van der Waals surface area contributed by atoms with Crippen LogP contribution < -0.4 is 14.8 Å². The van der Waals surface area contributed by atoms with Crippen LogP contribution in [0.4, 0.5) is 5.69 Å². The average Bonchev–Trinajstić information content (AvgIpc) is 2.73. The van der Waals surface area contributed by atoms with Crippen LogP contribution in [0.15, 0.2) is 36.4 Å². The van der Waals surface area contributed by atoms with Gasteiger partial charge in [0.15, 0.2) is 11.5 Å². The number of amides is 2. The molecule has 146 valence electrons. The highest BCUT2D eigenvalue weighted by Crippen LogP contribution is 2.32. The number of nitrogens with one attached hydrogen (secondary N) is 1. The van der Waals surface area contributed by atoms with E-state index in [0.717, 1.165) is 25.9 Å². The van der Waals surface area contributed by atoms with E-state index in [1.54, 1.807) is 36.4 Å². The van der Waals surface area contributed by atoms with Gasteiger partial charge in [-0.05, 0) is 43.0 Å². The first-order valence-electron chi connectivity index (χ1n) is 9.57. The van der Waals surface area contributed by atoms with Gasteiger partial charge in [0.1, 0.15) is 24.6 Å². The lowest BCUT2D eigenvalue weighted by molar-refractivity contribution is 0.0677. The molecule has 1 unspecified atom stereocenters. The molecule has 1 saturated heterocycles. The summed E-state index contributed by atoms with van der Waals surface area (Å²) in [4.78, 5) is 31.5. The number of anilines is 1. The summed E-state index contributed by atoms with van der Waals surface area (Å²) >= 11 is 0. The van der Waals surface area contributed by atoms with Crippen molar-refractivity contribution >= 4 is 17.5 Å². The van der Waals surface area contributed by atoms with Crippen molar-refractivity contribution in [2.45, 2.75) is 19.8 Å². The molecule has 2 aliphatic rings. The van der Waals surface area contributed by atoms with Crippen LogP contribution in [0.5, 0.6) is 11.5 Å². The number of benzene rings is 1. The Balaban J connectivity index is 1.48. The van der Waals surface area contributed by atoms with Gasteiger partial charge < -0.3 is 19.7 Å². The van der Waals surface area contributed by atoms with Crippen LogP contribution >= 0.6 is 0 Å². The molecule has 2 amide bonds. The van der Waals surface area contributed by atoms with Crippen molar-refractivity contribution < 1.29 is 19.1 Å². The molecule has 1 atom stereocenters. The Bertz CT molecular complexity index is 899. The van der Waals surface area contributed by atoms with Crippen LogP contribution in [-0.2, 0) is 0 Å². The summed E-state index contributed by atoms with van der Waals surface area (Å²) in [5, 5.41) is 2.80. The van der Waals surface area contributed by atoms with Crippen molar-refractivity contribution in [3.05, 3.63) is 47.8 Å². The highest BCUT2D eigenvalue weighted by atomic mass is 16.6. The molecule has 0 aliphatic carbocycles. The highest BCUT2D eigenvalue weighted by Gasteiger charge is 2.23. The maximum Gasteiger partial charge on any atom is 0.274 e. The summed E-state index contributed by atoms with van der Waals surface area (Å²) in [6.07, 6.45) is 2.13. The topological polar surface area (TPSA) is 80.8 Å². The van der Waals surface area contributed by atoms with Crippen LogP contribution in [0.25, 0.3) is 0 Å². The molecule has 7 nitrogen and oxygen atoms in total. The van der Waals surface area contributed by atoms with Gasteiger partial charge in [0, 0.05) is 24.8 Å². The number of hydrogen-bond acceptors (Lipinski definition) is 5. The minimum absolute atomic E-state index is 0.125. The quantitative estimate of drug-likeness (QED) is 0.884. The molecule has 7 heteroatoms. The molecule has 0 spiro atoms. The molecule has 28 heavy (non-hydrogen) atoms. The number of aromatic nitrogens is 1. The summed E-state index contributed by atoms with van der Waals surface area (Å²) in [6, 6.07) is 10.2. The van der Waals surface area contributed by atoms with E-state index >= 15 is 0 Å². The largest absolute Gasteiger partial charge is 0.486 e. The third kappa shape index (κ3) is 3.93. The molecule has 3 heterocycles. The lowest BCUT2D eigenvalue weighted by Crippen LogP contribution is -2.39. The number of carbonyl (C=O) groups is 2. The standard InChI is InChI=1S/C21H23N3O4/c1-14-4-3-9-24(13-14)21(26)17-6-2-5-16(23-17)20(25)22-15-7-8-18-19(12-15)28-11-10-27-18/h2,5-8,12,14H,3-4,9-11,13H2,1H3,(H,22,25). The van der Waals surface area contributed by atoms with E-state index < -0.39 is 0 Å². The molecule has 1 N–H and O–H groups in total. The van der Waals surface area contributed by atoms with Crippen molar-refractivity contribution in [3.63, 3.8) is 0 Å². The molecular weight excluding hydrogens is 358 g/mol. The third-order valence-corrected chi connectivity index (χ3v) is 4.95. The van der Waals surface area contributed by atoms with Crippen molar-refractivity contribution in [1.82, 2.24) is 9.88 Å². The van der Waals surface area contributed by atoms with Gasteiger partial charge in [0.05, 0.1) is 0 Å². The average molecular weight is 381 g/mol. The predicted octanol–water partition coefficient (Wildman–Crippen LogP) is 2.98. The summed E-state index contributed by atoms with van der Waals surface area (Å²) in [5.74, 6) is 1.24. The molecule has 0 radical (unpaired) electrons. The Kier molecular flexibility index (Phi) is 5.14. The molecule has 2 aromatic rings. The van der Waals surface area contributed by atoms with Gasteiger partial charge in [0.25, 0.3) is 11.8 Å². The Hall–Kier alpha value is -3.09. The van der Waals surface area contributed by atoms with E-state index in [2.05, 4.69) is 17.2 Å². The number of piperidine rings is 1. The number of ether oxygens (including phenoxy) is 2. The van der Waals surface area contributed by atoms with E-state index in [1.165, 1.54) is 0 Å². The lowest BCUT2D eigenvalue weighted by Gasteiger charge is -2.30. The van der Waals surface area contributed by atoms with E-state index in [9.17, 15) is 9.59 Å². The smallest absolute Gasteiger partial charge is 0.274 e. The van der Waals surface area contributed by atoms with Gasteiger partial charge in [-0.25, -0.2) is 4.98 Å². The number of likely N-dealkylation sites (tertiary alicyclic amines) is 1. The van der Waals surface area contributed by atoms with E-state index in [4.69, 9.17) is 9.47 Å². The fraction of sp³-hybridized carbons (Fsp3) is 0.381. The van der Waals surface area contributed by atoms with Crippen LogP contribution in [0.1, 0.15) is 40.7 Å². The van der Waals surface area contributed by atoms with Gasteiger partial charge in [-0.3, -0.25) is 9.59 Å². The third-order valence-electron chi connectivity index (χ3n) is 4.95.